The first-order chi connectivity index (χ1) is 9.98. The van der Waals surface area contributed by atoms with Gasteiger partial charge in [-0.1, -0.05) is 30.3 Å². The maximum absolute atomic E-state index is 13.5. The van der Waals surface area contributed by atoms with Crippen LogP contribution in [0.2, 0.25) is 0 Å². The third-order valence-electron chi connectivity index (χ3n) is 4.71. The minimum Gasteiger partial charge on any atom is -0.318 e. The molecule has 0 saturated heterocycles. The van der Waals surface area contributed by atoms with Crippen molar-refractivity contribution in [2.24, 2.45) is 5.73 Å². The summed E-state index contributed by atoms with van der Waals surface area (Å²) in [6, 6.07) is 11.7. The highest BCUT2D eigenvalue weighted by atomic mass is 19.1. The second kappa shape index (κ2) is 5.27. The minimum atomic E-state index is -0.592. The monoisotopic (exact) mass is 283 g/mol. The van der Waals surface area contributed by atoms with E-state index in [2.05, 4.69) is 18.2 Å². The molecule has 2 heteroatoms. The van der Waals surface area contributed by atoms with Crippen LogP contribution >= 0.6 is 0 Å². The Labute approximate surface area is 126 Å². The zero-order valence-electron chi connectivity index (χ0n) is 12.7. The van der Waals surface area contributed by atoms with Gasteiger partial charge in [0.1, 0.15) is 5.82 Å². The van der Waals surface area contributed by atoms with E-state index in [0.717, 1.165) is 17.5 Å². The van der Waals surface area contributed by atoms with Gasteiger partial charge in [0.05, 0.1) is 5.54 Å². The number of benzene rings is 2. The molecule has 0 amide bonds. The predicted octanol–water partition coefficient (Wildman–Crippen LogP) is 4.24. The van der Waals surface area contributed by atoms with Gasteiger partial charge in [-0.2, -0.15) is 0 Å². The first kappa shape index (κ1) is 14.3. The van der Waals surface area contributed by atoms with E-state index in [1.54, 1.807) is 13.0 Å². The summed E-state index contributed by atoms with van der Waals surface area (Å²) in [5, 5.41) is 0. The Morgan fingerprint density at radius 2 is 1.57 bits per heavy atom. The fourth-order valence-electron chi connectivity index (χ4n) is 3.19. The zero-order valence-corrected chi connectivity index (χ0v) is 12.7. The van der Waals surface area contributed by atoms with Crippen LogP contribution in [-0.2, 0) is 18.4 Å². The lowest BCUT2D eigenvalue weighted by atomic mass is 9.81. The summed E-state index contributed by atoms with van der Waals surface area (Å²) in [5.41, 5.74) is 11.6. The van der Waals surface area contributed by atoms with Crippen LogP contribution in [0, 0.1) is 12.7 Å². The Kier molecular flexibility index (Phi) is 3.58. The Bertz CT molecular complexity index is 673. The molecule has 21 heavy (non-hydrogen) atoms. The second-order valence-corrected chi connectivity index (χ2v) is 6.36. The number of hydrogen-bond donors (Lipinski definition) is 1. The molecule has 110 valence electrons. The summed E-state index contributed by atoms with van der Waals surface area (Å²) in [6.45, 7) is 3.78. The Hall–Kier alpha value is -1.67. The molecule has 0 fully saturated rings. The summed E-state index contributed by atoms with van der Waals surface area (Å²) in [4.78, 5) is 0. The van der Waals surface area contributed by atoms with Gasteiger partial charge in [-0.15, -0.1) is 0 Å². The van der Waals surface area contributed by atoms with E-state index in [0.29, 0.717) is 5.56 Å². The van der Waals surface area contributed by atoms with E-state index in [4.69, 9.17) is 5.73 Å². The van der Waals surface area contributed by atoms with Crippen LogP contribution < -0.4 is 5.73 Å². The summed E-state index contributed by atoms with van der Waals surface area (Å²) in [7, 11) is 0. The molecule has 0 aliphatic heterocycles. The average Bonchev–Trinajstić information content (AvgIpc) is 2.49. The van der Waals surface area contributed by atoms with Gasteiger partial charge in [-0.05, 0) is 73.4 Å². The van der Waals surface area contributed by atoms with Gasteiger partial charge in [0.15, 0.2) is 0 Å². The maximum Gasteiger partial charge on any atom is 0.126 e. The lowest BCUT2D eigenvalue weighted by Crippen LogP contribution is -2.34. The minimum absolute atomic E-state index is 0.181. The Balaban J connectivity index is 2.02. The molecule has 2 aromatic rings. The largest absolute Gasteiger partial charge is 0.318 e. The third-order valence-corrected chi connectivity index (χ3v) is 4.71. The van der Waals surface area contributed by atoms with E-state index in [-0.39, 0.29) is 5.82 Å². The van der Waals surface area contributed by atoms with Crippen LogP contribution in [0.25, 0.3) is 0 Å². The molecule has 2 N–H and O–H groups in total. The molecule has 3 rings (SSSR count). The molecule has 2 aromatic carbocycles. The van der Waals surface area contributed by atoms with Crippen molar-refractivity contribution in [3.63, 3.8) is 0 Å². The van der Waals surface area contributed by atoms with E-state index in [1.807, 2.05) is 13.0 Å². The van der Waals surface area contributed by atoms with E-state index in [9.17, 15) is 4.39 Å². The van der Waals surface area contributed by atoms with Crippen LogP contribution in [0.1, 0.15) is 47.6 Å². The molecule has 1 nitrogen and oxygen atoms in total. The molecule has 0 bridgehead atoms. The number of rotatable bonds is 2. The summed E-state index contributed by atoms with van der Waals surface area (Å²) in [5.74, 6) is -0.181. The molecule has 0 aromatic heterocycles. The third kappa shape index (κ3) is 2.60. The van der Waals surface area contributed by atoms with Gasteiger partial charge in [-0.3, -0.25) is 0 Å². The molecule has 0 saturated carbocycles. The fraction of sp³-hybridized carbons (Fsp3) is 0.368. The number of halogens is 1. The highest BCUT2D eigenvalue weighted by Crippen LogP contribution is 2.31. The average molecular weight is 283 g/mol. The molecule has 1 aliphatic carbocycles. The summed E-state index contributed by atoms with van der Waals surface area (Å²) < 4.78 is 13.5. The maximum atomic E-state index is 13.5. The van der Waals surface area contributed by atoms with Crippen molar-refractivity contribution in [1.29, 1.82) is 0 Å². The number of aryl methyl sites for hydroxylation is 3. The molecule has 1 unspecified atom stereocenters. The molecular weight excluding hydrogens is 261 g/mol. The normalized spacial score (nSPS) is 17.1. The van der Waals surface area contributed by atoms with Crippen molar-refractivity contribution >= 4 is 0 Å². The van der Waals surface area contributed by atoms with Crippen LogP contribution in [0.3, 0.4) is 0 Å². The predicted molar refractivity (Wildman–Crippen MR) is 84.9 cm³/mol. The lowest BCUT2D eigenvalue weighted by Gasteiger charge is -2.28. The Morgan fingerprint density at radius 3 is 2.29 bits per heavy atom. The van der Waals surface area contributed by atoms with Crippen molar-refractivity contribution in [2.45, 2.75) is 45.1 Å². The Morgan fingerprint density at radius 1 is 0.952 bits per heavy atom. The smallest absolute Gasteiger partial charge is 0.126 e. The van der Waals surface area contributed by atoms with Crippen molar-refractivity contribution < 1.29 is 4.39 Å². The highest BCUT2D eigenvalue weighted by Gasteiger charge is 2.25. The first-order valence-electron chi connectivity index (χ1n) is 7.66. The molecule has 0 spiro atoms. The summed E-state index contributed by atoms with van der Waals surface area (Å²) >= 11 is 0. The first-order valence-corrected chi connectivity index (χ1v) is 7.66. The zero-order chi connectivity index (χ0) is 15.0. The van der Waals surface area contributed by atoms with Crippen LogP contribution in [0.4, 0.5) is 4.39 Å². The van der Waals surface area contributed by atoms with Gasteiger partial charge in [0.2, 0.25) is 0 Å². The molecule has 0 radical (unpaired) electrons. The lowest BCUT2D eigenvalue weighted by molar-refractivity contribution is 0.586. The van der Waals surface area contributed by atoms with E-state index >= 15 is 0 Å². The highest BCUT2D eigenvalue weighted by molar-refractivity contribution is 5.43. The van der Waals surface area contributed by atoms with Crippen molar-refractivity contribution in [3.05, 3.63) is 70.0 Å². The summed E-state index contributed by atoms with van der Waals surface area (Å²) in [6.07, 6.45) is 4.85. The second-order valence-electron chi connectivity index (χ2n) is 6.36. The van der Waals surface area contributed by atoms with Crippen molar-refractivity contribution in [3.8, 4) is 0 Å². The SMILES string of the molecule is Cc1cc(C(C)(N)c2ccc3c(c2)CCCC3)ccc1F. The van der Waals surface area contributed by atoms with Gasteiger partial charge in [0.25, 0.3) is 0 Å². The fourth-order valence-corrected chi connectivity index (χ4v) is 3.19. The van der Waals surface area contributed by atoms with Gasteiger partial charge < -0.3 is 5.73 Å². The molecule has 1 atom stereocenters. The van der Waals surface area contributed by atoms with Gasteiger partial charge in [-0.25, -0.2) is 4.39 Å². The quantitative estimate of drug-likeness (QED) is 0.876. The number of fused-ring (bicyclic) bond motifs is 1. The number of nitrogens with two attached hydrogens (primary N) is 1. The van der Waals surface area contributed by atoms with E-state index in [1.165, 1.54) is 36.5 Å². The van der Waals surface area contributed by atoms with Gasteiger partial charge in [0, 0.05) is 0 Å². The molecular formula is C19H22FN. The molecule has 1 aliphatic rings. The van der Waals surface area contributed by atoms with E-state index < -0.39 is 5.54 Å². The standard InChI is InChI=1S/C19H22FN/c1-13-11-16(9-10-18(13)20)19(2,21)17-8-7-14-5-3-4-6-15(14)12-17/h7-12H,3-6,21H2,1-2H3. The number of hydrogen-bond acceptors (Lipinski definition) is 1. The van der Waals surface area contributed by atoms with Crippen molar-refractivity contribution in [2.75, 3.05) is 0 Å². The molecule has 0 heterocycles. The topological polar surface area (TPSA) is 26.0 Å². The van der Waals surface area contributed by atoms with Crippen LogP contribution in [-0.4, -0.2) is 0 Å². The van der Waals surface area contributed by atoms with Crippen LogP contribution in [0.5, 0.6) is 0 Å². The van der Waals surface area contributed by atoms with Crippen molar-refractivity contribution in [1.82, 2.24) is 0 Å². The van der Waals surface area contributed by atoms with Gasteiger partial charge >= 0.3 is 0 Å². The van der Waals surface area contributed by atoms with Crippen LogP contribution in [0.15, 0.2) is 36.4 Å².